The van der Waals surface area contributed by atoms with Gasteiger partial charge in [0.15, 0.2) is 5.60 Å². The van der Waals surface area contributed by atoms with Crippen molar-refractivity contribution in [3.05, 3.63) is 106 Å². The highest BCUT2D eigenvalue weighted by Gasteiger charge is 2.76. The van der Waals surface area contributed by atoms with E-state index >= 15 is 0 Å². The maximum Gasteiger partial charge on any atom is 0.334 e. The molecule has 1 saturated carbocycles. The Morgan fingerprint density at radius 1 is 0.946 bits per heavy atom. The number of halogens is 1. The molecule has 2 fully saturated rings. The fourth-order valence-electron chi connectivity index (χ4n) is 5.65. The topological polar surface area (TPSA) is 61.8 Å². The zero-order valence-electron chi connectivity index (χ0n) is 20.9. The quantitative estimate of drug-likeness (QED) is 0.235. The Balaban J connectivity index is 1.58. The lowest BCUT2D eigenvalue weighted by atomic mass is 9.84. The molecule has 0 radical (unpaired) electrons. The van der Waals surface area contributed by atoms with Gasteiger partial charge < -0.3 is 14.2 Å². The molecule has 5 nitrogen and oxygen atoms in total. The summed E-state index contributed by atoms with van der Waals surface area (Å²) in [5.41, 5.74) is 3.31. The summed E-state index contributed by atoms with van der Waals surface area (Å²) in [5, 5.41) is 0. The molecule has 3 aromatic carbocycles. The van der Waals surface area contributed by atoms with Crippen LogP contribution in [0.15, 0.2) is 95.2 Å². The van der Waals surface area contributed by atoms with Gasteiger partial charge >= 0.3 is 11.9 Å². The molecule has 1 aliphatic heterocycles. The maximum atomic E-state index is 13.3. The van der Waals surface area contributed by atoms with Crippen molar-refractivity contribution in [3.8, 4) is 11.1 Å². The predicted octanol–water partition coefficient (Wildman–Crippen LogP) is 6.77. The van der Waals surface area contributed by atoms with E-state index in [0.29, 0.717) is 18.8 Å². The largest absolute Gasteiger partial charge is 0.485 e. The summed E-state index contributed by atoms with van der Waals surface area (Å²) in [5.74, 6) is -0.898. The van der Waals surface area contributed by atoms with E-state index < -0.39 is 17.5 Å². The van der Waals surface area contributed by atoms with Gasteiger partial charge in [0.2, 0.25) is 0 Å². The van der Waals surface area contributed by atoms with Gasteiger partial charge in [-0.2, -0.15) is 0 Å². The third kappa shape index (κ3) is 4.82. The van der Waals surface area contributed by atoms with Gasteiger partial charge in [-0.05, 0) is 54.2 Å². The third-order valence-electron chi connectivity index (χ3n) is 7.19. The molecule has 1 saturated heterocycles. The smallest absolute Gasteiger partial charge is 0.334 e. The zero-order valence-corrected chi connectivity index (χ0v) is 22.4. The number of esters is 2. The molecule has 1 heterocycles. The lowest BCUT2D eigenvalue weighted by Crippen LogP contribution is -2.26. The van der Waals surface area contributed by atoms with E-state index in [9.17, 15) is 9.59 Å². The molecular formula is C31H29BrO5. The molecule has 6 heteroatoms. The van der Waals surface area contributed by atoms with Gasteiger partial charge in [0.05, 0.1) is 19.3 Å². The number of carbonyl (C=O) groups is 2. The first kappa shape index (κ1) is 25.3. The Labute approximate surface area is 225 Å². The van der Waals surface area contributed by atoms with Crippen molar-refractivity contribution in [1.82, 2.24) is 0 Å². The van der Waals surface area contributed by atoms with Crippen molar-refractivity contribution < 1.29 is 23.8 Å². The summed E-state index contributed by atoms with van der Waals surface area (Å²) in [6.07, 6.45) is 1.91. The van der Waals surface area contributed by atoms with Crippen molar-refractivity contribution in [2.75, 3.05) is 13.2 Å². The van der Waals surface area contributed by atoms with Gasteiger partial charge in [0.1, 0.15) is 11.7 Å². The van der Waals surface area contributed by atoms with Gasteiger partial charge in [-0.1, -0.05) is 82.7 Å². The summed E-state index contributed by atoms with van der Waals surface area (Å²) in [6.45, 7) is 4.14. The van der Waals surface area contributed by atoms with E-state index in [1.54, 1.807) is 6.92 Å². The number of benzene rings is 3. The first-order valence-corrected chi connectivity index (χ1v) is 13.4. The molecule has 5 rings (SSSR count). The Morgan fingerprint density at radius 3 is 2.32 bits per heavy atom. The summed E-state index contributed by atoms with van der Waals surface area (Å²) in [7, 11) is 0. The van der Waals surface area contributed by atoms with Crippen molar-refractivity contribution in [2.45, 2.75) is 31.8 Å². The lowest BCUT2D eigenvalue weighted by Gasteiger charge is -2.32. The van der Waals surface area contributed by atoms with Crippen LogP contribution in [0.3, 0.4) is 0 Å². The van der Waals surface area contributed by atoms with Crippen LogP contribution in [0.4, 0.5) is 0 Å². The van der Waals surface area contributed by atoms with Gasteiger partial charge in [-0.3, -0.25) is 4.79 Å². The second-order valence-electron chi connectivity index (χ2n) is 9.32. The summed E-state index contributed by atoms with van der Waals surface area (Å²) in [4.78, 5) is 25.7. The van der Waals surface area contributed by atoms with Crippen LogP contribution in [-0.2, 0) is 29.4 Å². The van der Waals surface area contributed by atoms with Gasteiger partial charge in [0, 0.05) is 16.8 Å². The van der Waals surface area contributed by atoms with Crippen molar-refractivity contribution in [2.24, 2.45) is 11.8 Å². The number of ether oxygens (including phenoxy) is 3. The van der Waals surface area contributed by atoms with E-state index in [-0.39, 0.29) is 24.4 Å². The summed E-state index contributed by atoms with van der Waals surface area (Å²) in [6, 6.07) is 26.5. The molecule has 190 valence electrons. The Kier molecular flexibility index (Phi) is 7.20. The fraction of sp³-hybridized carbons (Fsp3) is 0.290. The number of rotatable bonds is 7. The zero-order chi connectivity index (χ0) is 26.0. The van der Waals surface area contributed by atoms with E-state index in [1.807, 2.05) is 49.4 Å². The first-order chi connectivity index (χ1) is 18.0. The highest BCUT2D eigenvalue weighted by atomic mass is 79.9. The third-order valence-corrected chi connectivity index (χ3v) is 7.68. The Morgan fingerprint density at radius 2 is 1.65 bits per heavy atom. The lowest BCUT2D eigenvalue weighted by molar-refractivity contribution is -0.147. The second-order valence-corrected chi connectivity index (χ2v) is 10.2. The molecular weight excluding hydrogens is 532 g/mol. The molecule has 0 unspecified atom stereocenters. The van der Waals surface area contributed by atoms with E-state index in [1.165, 1.54) is 6.08 Å². The normalized spacial score (nSPS) is 25.1. The second kappa shape index (κ2) is 10.5. The minimum Gasteiger partial charge on any atom is -0.485 e. The van der Waals surface area contributed by atoms with Crippen LogP contribution in [0, 0.1) is 11.8 Å². The first-order valence-electron chi connectivity index (χ1n) is 12.6. The molecule has 37 heavy (non-hydrogen) atoms. The number of carbonyl (C=O) groups excluding carboxylic acids is 2. The van der Waals surface area contributed by atoms with Crippen molar-refractivity contribution in [1.29, 1.82) is 0 Å². The number of hydrogen-bond acceptors (Lipinski definition) is 5. The SMILES string of the molecule is CCOC(=O)/C=C1/C[C@H](c2ccc(-c3ccccc3)cc2)[C@H]2[C@@H](C(=O)OCC)[C@@]2(c2cccc(Br)c2)O1. The Bertz CT molecular complexity index is 1320. The van der Waals surface area contributed by atoms with Crippen LogP contribution >= 0.6 is 15.9 Å². The summed E-state index contributed by atoms with van der Waals surface area (Å²) < 4.78 is 18.1. The molecule has 0 bridgehead atoms. The maximum absolute atomic E-state index is 13.3. The highest BCUT2D eigenvalue weighted by Crippen LogP contribution is 2.71. The standard InChI is InChI=1S/C31H29BrO5/c1-3-35-27(33)19-25-18-26(22-15-13-21(14-16-22)20-9-6-5-7-10-20)28-29(30(34)36-4-2)31(28,37-25)23-11-8-12-24(32)17-23/h5-17,19,26,28-29H,3-4,18H2,1-2H3/b25-19-/t26-,28+,29+,31+/m1/s1. The van der Waals surface area contributed by atoms with Crippen LogP contribution in [-0.4, -0.2) is 25.2 Å². The predicted molar refractivity (Wildman–Crippen MR) is 144 cm³/mol. The minimum absolute atomic E-state index is 0.0485. The number of hydrogen-bond donors (Lipinski definition) is 0. The van der Waals surface area contributed by atoms with Crippen molar-refractivity contribution >= 4 is 27.9 Å². The minimum atomic E-state index is -0.921. The monoisotopic (exact) mass is 560 g/mol. The van der Waals surface area contributed by atoms with Crippen LogP contribution < -0.4 is 0 Å². The van der Waals surface area contributed by atoms with Crippen LogP contribution in [0.1, 0.15) is 37.3 Å². The molecule has 1 aliphatic carbocycles. The molecule has 0 amide bonds. The van der Waals surface area contributed by atoms with Crippen molar-refractivity contribution in [3.63, 3.8) is 0 Å². The molecule has 0 N–H and O–H groups in total. The van der Waals surface area contributed by atoms with Crippen LogP contribution in [0.2, 0.25) is 0 Å². The molecule has 4 atom stereocenters. The van der Waals surface area contributed by atoms with E-state index in [4.69, 9.17) is 14.2 Å². The van der Waals surface area contributed by atoms with Crippen LogP contribution in [0.25, 0.3) is 11.1 Å². The average molecular weight is 561 g/mol. The molecule has 2 aliphatic rings. The Hall–Kier alpha value is -3.38. The molecule has 0 spiro atoms. The fourth-order valence-corrected chi connectivity index (χ4v) is 6.05. The average Bonchev–Trinajstić information content (AvgIpc) is 3.59. The highest BCUT2D eigenvalue weighted by molar-refractivity contribution is 9.10. The van der Waals surface area contributed by atoms with Gasteiger partial charge in [0.25, 0.3) is 0 Å². The van der Waals surface area contributed by atoms with Gasteiger partial charge in [-0.25, -0.2) is 4.79 Å². The van der Waals surface area contributed by atoms with Crippen LogP contribution in [0.5, 0.6) is 0 Å². The van der Waals surface area contributed by atoms with E-state index in [0.717, 1.165) is 26.7 Å². The van der Waals surface area contributed by atoms with Gasteiger partial charge in [-0.15, -0.1) is 0 Å². The molecule has 3 aromatic rings. The molecule has 0 aromatic heterocycles. The van der Waals surface area contributed by atoms with E-state index in [2.05, 4.69) is 52.3 Å². The summed E-state index contributed by atoms with van der Waals surface area (Å²) >= 11 is 3.56. The number of allylic oxidation sites excluding steroid dienone is 1. The number of fused-ring (bicyclic) bond motifs is 1.